The van der Waals surface area contributed by atoms with Crippen molar-refractivity contribution in [3.63, 3.8) is 0 Å². The SMILES string of the molecule is CNCCOCCOCCCC(=O)CN(CCN(CC(C)=O)CC(=O)O)CC(=O)O. The lowest BCUT2D eigenvalue weighted by molar-refractivity contribution is -0.141. The van der Waals surface area contributed by atoms with Gasteiger partial charge in [0.25, 0.3) is 0 Å². The molecule has 3 N–H and O–H groups in total. The van der Waals surface area contributed by atoms with Gasteiger partial charge in [-0.3, -0.25) is 29.0 Å². The summed E-state index contributed by atoms with van der Waals surface area (Å²) in [6.07, 6.45) is 0.773. The summed E-state index contributed by atoms with van der Waals surface area (Å²) in [4.78, 5) is 48.3. The highest BCUT2D eigenvalue weighted by Crippen LogP contribution is 1.99. The van der Waals surface area contributed by atoms with Gasteiger partial charge < -0.3 is 25.0 Å². The van der Waals surface area contributed by atoms with Gasteiger partial charge in [0, 0.05) is 32.7 Å². The zero-order valence-electron chi connectivity index (χ0n) is 17.9. The van der Waals surface area contributed by atoms with Gasteiger partial charge in [0.1, 0.15) is 11.6 Å². The second-order valence-electron chi connectivity index (χ2n) is 6.88. The van der Waals surface area contributed by atoms with E-state index in [9.17, 15) is 19.2 Å². The predicted octanol–water partition coefficient (Wildman–Crippen LogP) is -1.05. The van der Waals surface area contributed by atoms with Crippen LogP contribution in [-0.2, 0) is 28.7 Å². The highest BCUT2D eigenvalue weighted by Gasteiger charge is 2.17. The minimum atomic E-state index is -1.08. The van der Waals surface area contributed by atoms with E-state index < -0.39 is 11.9 Å². The van der Waals surface area contributed by atoms with Crippen LogP contribution in [0.4, 0.5) is 0 Å². The lowest BCUT2D eigenvalue weighted by atomic mass is 10.2. The molecule has 0 aliphatic heterocycles. The molecule has 0 amide bonds. The third kappa shape index (κ3) is 18.1. The van der Waals surface area contributed by atoms with Crippen LogP contribution in [0.5, 0.6) is 0 Å². The first-order valence-corrected chi connectivity index (χ1v) is 9.94. The molecular formula is C19H35N3O8. The molecule has 0 aliphatic carbocycles. The van der Waals surface area contributed by atoms with Crippen molar-refractivity contribution in [1.82, 2.24) is 15.1 Å². The second kappa shape index (κ2) is 17.9. The highest BCUT2D eigenvalue weighted by molar-refractivity contribution is 5.81. The maximum absolute atomic E-state index is 12.2. The molecule has 0 spiro atoms. The maximum Gasteiger partial charge on any atom is 0.317 e. The minimum absolute atomic E-state index is 0.0445. The average molecular weight is 434 g/mol. The zero-order valence-corrected chi connectivity index (χ0v) is 17.9. The minimum Gasteiger partial charge on any atom is -0.480 e. The number of likely N-dealkylation sites (N-methyl/N-ethyl adjacent to an activating group) is 1. The quantitative estimate of drug-likeness (QED) is 0.191. The summed E-state index contributed by atoms with van der Waals surface area (Å²) in [5.74, 6) is -2.48. The van der Waals surface area contributed by atoms with E-state index in [4.69, 9.17) is 19.7 Å². The molecule has 0 heterocycles. The molecule has 11 heteroatoms. The van der Waals surface area contributed by atoms with E-state index >= 15 is 0 Å². The molecule has 0 aromatic heterocycles. The molecule has 0 fully saturated rings. The molecule has 0 unspecified atom stereocenters. The molecular weight excluding hydrogens is 398 g/mol. The van der Waals surface area contributed by atoms with E-state index in [1.807, 2.05) is 7.05 Å². The standard InChI is InChI=1S/C19H35N3O8/c1-16(23)12-21(14-18(25)26)6-7-22(15-19(27)28)13-17(24)4-3-8-29-10-11-30-9-5-20-2/h20H,3-15H2,1-2H3,(H,25,26)(H,27,28). The molecule has 0 radical (unpaired) electrons. The number of Topliss-reactive ketones (excluding diaryl/α,β-unsaturated/α-hetero) is 2. The van der Waals surface area contributed by atoms with Crippen molar-refractivity contribution in [3.05, 3.63) is 0 Å². The third-order valence-electron chi connectivity index (χ3n) is 3.91. The van der Waals surface area contributed by atoms with Crippen LogP contribution in [0.3, 0.4) is 0 Å². The molecule has 0 atom stereocenters. The molecule has 30 heavy (non-hydrogen) atoms. The average Bonchev–Trinajstić information content (AvgIpc) is 2.63. The van der Waals surface area contributed by atoms with Gasteiger partial charge in [-0.05, 0) is 20.4 Å². The Balaban J connectivity index is 4.24. The first-order chi connectivity index (χ1) is 14.2. The van der Waals surface area contributed by atoms with E-state index in [0.29, 0.717) is 32.8 Å². The van der Waals surface area contributed by atoms with Crippen LogP contribution in [0.2, 0.25) is 0 Å². The third-order valence-corrected chi connectivity index (χ3v) is 3.91. The summed E-state index contributed by atoms with van der Waals surface area (Å²) in [7, 11) is 1.84. The number of carbonyl (C=O) groups is 4. The first kappa shape index (κ1) is 28.1. The molecule has 174 valence electrons. The highest BCUT2D eigenvalue weighted by atomic mass is 16.5. The number of aliphatic carboxylic acids is 2. The molecule has 0 aliphatic rings. The Morgan fingerprint density at radius 2 is 1.33 bits per heavy atom. The van der Waals surface area contributed by atoms with Gasteiger partial charge in [-0.1, -0.05) is 0 Å². The van der Waals surface area contributed by atoms with Crippen LogP contribution >= 0.6 is 0 Å². The molecule has 0 aromatic rings. The number of carboxylic acid groups (broad SMARTS) is 2. The van der Waals surface area contributed by atoms with Crippen molar-refractivity contribution < 1.29 is 38.9 Å². The normalized spacial score (nSPS) is 11.2. The number of ether oxygens (including phenoxy) is 2. The van der Waals surface area contributed by atoms with E-state index in [1.54, 1.807) is 0 Å². The van der Waals surface area contributed by atoms with Crippen LogP contribution in [-0.4, -0.2) is 123 Å². The van der Waals surface area contributed by atoms with Gasteiger partial charge in [0.2, 0.25) is 0 Å². The lowest BCUT2D eigenvalue weighted by Gasteiger charge is -2.24. The summed E-state index contributed by atoms with van der Waals surface area (Å²) in [6, 6.07) is 0. The number of nitrogens with one attached hydrogen (secondary N) is 1. The molecule has 0 rings (SSSR count). The van der Waals surface area contributed by atoms with E-state index in [-0.39, 0.29) is 57.3 Å². The monoisotopic (exact) mass is 433 g/mol. The Morgan fingerprint density at radius 3 is 1.83 bits per heavy atom. The number of nitrogens with zero attached hydrogens (tertiary/aromatic N) is 2. The van der Waals surface area contributed by atoms with Crippen molar-refractivity contribution in [2.45, 2.75) is 19.8 Å². The fourth-order valence-electron chi connectivity index (χ4n) is 2.60. The Kier molecular flexibility index (Phi) is 16.8. The lowest BCUT2D eigenvalue weighted by Crippen LogP contribution is -2.43. The number of hydrogen-bond donors (Lipinski definition) is 3. The topological polar surface area (TPSA) is 146 Å². The smallest absolute Gasteiger partial charge is 0.317 e. The summed E-state index contributed by atoms with van der Waals surface area (Å²) in [5.41, 5.74) is 0. The largest absolute Gasteiger partial charge is 0.480 e. The van der Waals surface area contributed by atoms with E-state index in [0.717, 1.165) is 6.54 Å². The van der Waals surface area contributed by atoms with Gasteiger partial charge in [0.15, 0.2) is 0 Å². The molecule has 0 bridgehead atoms. The number of carbonyl (C=O) groups excluding carboxylic acids is 2. The van der Waals surface area contributed by atoms with E-state index in [2.05, 4.69) is 5.32 Å². The van der Waals surface area contributed by atoms with Crippen LogP contribution in [0, 0.1) is 0 Å². The Hall–Kier alpha value is -1.92. The van der Waals surface area contributed by atoms with Crippen LogP contribution in [0.15, 0.2) is 0 Å². The van der Waals surface area contributed by atoms with Gasteiger partial charge in [-0.2, -0.15) is 0 Å². The Morgan fingerprint density at radius 1 is 0.800 bits per heavy atom. The molecule has 0 aromatic carbocycles. The van der Waals surface area contributed by atoms with Crippen molar-refractivity contribution >= 4 is 23.5 Å². The van der Waals surface area contributed by atoms with Crippen LogP contribution in [0.25, 0.3) is 0 Å². The molecule has 11 nitrogen and oxygen atoms in total. The van der Waals surface area contributed by atoms with Crippen molar-refractivity contribution in [3.8, 4) is 0 Å². The first-order valence-electron chi connectivity index (χ1n) is 9.94. The fraction of sp³-hybridized carbons (Fsp3) is 0.789. The zero-order chi connectivity index (χ0) is 22.8. The maximum atomic E-state index is 12.2. The van der Waals surface area contributed by atoms with Gasteiger partial charge in [0.05, 0.1) is 46.0 Å². The van der Waals surface area contributed by atoms with Gasteiger partial charge >= 0.3 is 11.9 Å². The van der Waals surface area contributed by atoms with Crippen molar-refractivity contribution in [2.24, 2.45) is 0 Å². The van der Waals surface area contributed by atoms with Crippen molar-refractivity contribution in [2.75, 3.05) is 79.3 Å². The molecule has 0 saturated heterocycles. The predicted molar refractivity (Wildman–Crippen MR) is 109 cm³/mol. The summed E-state index contributed by atoms with van der Waals surface area (Å²) in [6.45, 7) is 3.62. The number of carboxylic acids is 2. The van der Waals surface area contributed by atoms with Crippen molar-refractivity contribution in [1.29, 1.82) is 0 Å². The van der Waals surface area contributed by atoms with Gasteiger partial charge in [-0.25, -0.2) is 0 Å². The second-order valence-corrected chi connectivity index (χ2v) is 6.88. The van der Waals surface area contributed by atoms with E-state index in [1.165, 1.54) is 16.7 Å². The summed E-state index contributed by atoms with van der Waals surface area (Å²) in [5, 5.41) is 20.9. The number of hydrogen-bond acceptors (Lipinski definition) is 9. The van der Waals surface area contributed by atoms with Crippen LogP contribution in [0.1, 0.15) is 19.8 Å². The van der Waals surface area contributed by atoms with Crippen LogP contribution < -0.4 is 5.32 Å². The molecule has 0 saturated carbocycles. The Bertz CT molecular complexity index is 514. The summed E-state index contributed by atoms with van der Waals surface area (Å²) >= 11 is 0. The Labute approximate surface area is 177 Å². The van der Waals surface area contributed by atoms with Gasteiger partial charge in [-0.15, -0.1) is 0 Å². The number of ketones is 2. The summed E-state index contributed by atoms with van der Waals surface area (Å²) < 4.78 is 10.7. The fourth-order valence-corrected chi connectivity index (χ4v) is 2.60. The number of rotatable bonds is 21.